The Kier molecular flexibility index (Phi) is 12.6. The van der Waals surface area contributed by atoms with Crippen LogP contribution in [0.5, 0.6) is 5.75 Å². The maximum absolute atomic E-state index is 15.2. The first-order chi connectivity index (χ1) is 20.5. The third kappa shape index (κ3) is 8.75. The predicted octanol–water partition coefficient (Wildman–Crippen LogP) is 12.3. The molecule has 0 radical (unpaired) electrons. The van der Waals surface area contributed by atoms with Gasteiger partial charge >= 0.3 is 0 Å². The van der Waals surface area contributed by atoms with E-state index in [1.807, 2.05) is 24.3 Å². The van der Waals surface area contributed by atoms with Crippen LogP contribution in [0, 0.1) is 23.4 Å². The van der Waals surface area contributed by atoms with E-state index in [-0.39, 0.29) is 17.1 Å². The van der Waals surface area contributed by atoms with E-state index in [2.05, 4.69) is 19.9 Å². The topological polar surface area (TPSA) is 9.23 Å². The van der Waals surface area contributed by atoms with Crippen LogP contribution in [0.15, 0.2) is 60.7 Å². The zero-order chi connectivity index (χ0) is 29.7. The van der Waals surface area contributed by atoms with Crippen molar-refractivity contribution in [2.75, 3.05) is 6.61 Å². The second-order valence-electron chi connectivity index (χ2n) is 11.8. The van der Waals surface area contributed by atoms with Gasteiger partial charge in [-0.25, -0.2) is 8.78 Å². The number of benzene rings is 3. The van der Waals surface area contributed by atoms with E-state index >= 15 is 4.39 Å². The van der Waals surface area contributed by atoms with Crippen molar-refractivity contribution in [1.82, 2.24) is 0 Å². The van der Waals surface area contributed by atoms with Crippen LogP contribution in [0.3, 0.4) is 0 Å². The van der Waals surface area contributed by atoms with Crippen LogP contribution < -0.4 is 4.74 Å². The van der Waals surface area contributed by atoms with Crippen molar-refractivity contribution in [2.24, 2.45) is 5.92 Å². The highest BCUT2D eigenvalue weighted by molar-refractivity contribution is 5.74. The lowest BCUT2D eigenvalue weighted by atomic mass is 9.83. The standard InChI is InChI=1S/C38H47F3O/c1-3-5-7-8-9-10-12-26-42-36-25-24-34(37(40)38(36)41)31-20-18-29(19-21-31)32-22-23-33(35(39)27-32)30-16-14-28(15-17-30)13-11-6-4-2/h16,18-25,27-28H,3-15,17,26H2,1-2H3. The van der Waals surface area contributed by atoms with Crippen LogP contribution in [0.2, 0.25) is 0 Å². The summed E-state index contributed by atoms with van der Waals surface area (Å²) in [6.07, 6.45) is 18.3. The maximum Gasteiger partial charge on any atom is 0.201 e. The lowest BCUT2D eigenvalue weighted by Crippen LogP contribution is -2.06. The van der Waals surface area contributed by atoms with Crippen LogP contribution in [0.1, 0.15) is 109 Å². The molecule has 0 fully saturated rings. The maximum atomic E-state index is 15.2. The van der Waals surface area contributed by atoms with Crippen LogP contribution in [-0.2, 0) is 0 Å². The molecule has 1 aliphatic carbocycles. The van der Waals surface area contributed by atoms with Gasteiger partial charge in [-0.2, -0.15) is 4.39 Å². The average molecular weight is 577 g/mol. The molecule has 0 amide bonds. The van der Waals surface area contributed by atoms with E-state index in [4.69, 9.17) is 4.74 Å². The van der Waals surface area contributed by atoms with Crippen molar-refractivity contribution in [1.29, 1.82) is 0 Å². The summed E-state index contributed by atoms with van der Waals surface area (Å²) in [5.41, 5.74) is 4.13. The Labute approximate surface area is 251 Å². The molecular weight excluding hydrogens is 529 g/mol. The molecule has 1 nitrogen and oxygen atoms in total. The summed E-state index contributed by atoms with van der Waals surface area (Å²) in [5, 5.41) is 0. The zero-order valence-corrected chi connectivity index (χ0v) is 25.5. The van der Waals surface area contributed by atoms with Crippen LogP contribution in [0.25, 0.3) is 27.8 Å². The summed E-state index contributed by atoms with van der Waals surface area (Å²) >= 11 is 0. The SMILES string of the molecule is CCCCCCCCCOc1ccc(-c2ccc(-c3ccc(C4=CCC(CCCCC)CC4)c(F)c3)cc2)c(F)c1F. The summed E-state index contributed by atoms with van der Waals surface area (Å²) in [5.74, 6) is -1.41. The number of ether oxygens (including phenoxy) is 1. The molecule has 3 aromatic rings. The molecule has 42 heavy (non-hydrogen) atoms. The minimum Gasteiger partial charge on any atom is -0.490 e. The quantitative estimate of drug-likeness (QED) is 0.154. The Bertz CT molecular complexity index is 1290. The van der Waals surface area contributed by atoms with Gasteiger partial charge in [0, 0.05) is 11.1 Å². The minimum atomic E-state index is -0.957. The molecule has 1 aliphatic rings. The molecule has 0 aliphatic heterocycles. The number of rotatable bonds is 16. The molecule has 4 rings (SSSR count). The van der Waals surface area contributed by atoms with Crippen molar-refractivity contribution in [3.63, 3.8) is 0 Å². The molecular formula is C38H47F3O. The lowest BCUT2D eigenvalue weighted by Gasteiger charge is -2.22. The molecule has 0 spiro atoms. The predicted molar refractivity (Wildman–Crippen MR) is 170 cm³/mol. The van der Waals surface area contributed by atoms with Gasteiger partial charge in [0.2, 0.25) is 5.82 Å². The summed E-state index contributed by atoms with van der Waals surface area (Å²) in [4.78, 5) is 0. The van der Waals surface area contributed by atoms with Crippen molar-refractivity contribution in [3.05, 3.63) is 83.7 Å². The first-order valence-corrected chi connectivity index (χ1v) is 16.2. The Hall–Kier alpha value is -3.01. The van der Waals surface area contributed by atoms with Gasteiger partial charge < -0.3 is 4.74 Å². The van der Waals surface area contributed by atoms with Gasteiger partial charge in [0.05, 0.1) is 6.61 Å². The van der Waals surface area contributed by atoms with E-state index in [0.717, 1.165) is 61.1 Å². The van der Waals surface area contributed by atoms with Crippen LogP contribution in [0.4, 0.5) is 13.2 Å². The summed E-state index contributed by atoms with van der Waals surface area (Å²) in [7, 11) is 0. The van der Waals surface area contributed by atoms with Gasteiger partial charge in [0.1, 0.15) is 5.82 Å². The number of unbranched alkanes of at least 4 members (excludes halogenated alkanes) is 8. The molecule has 0 heterocycles. The number of hydrogen-bond donors (Lipinski definition) is 0. The van der Waals surface area contributed by atoms with Gasteiger partial charge in [-0.3, -0.25) is 0 Å². The molecule has 3 aromatic carbocycles. The molecule has 226 valence electrons. The molecule has 0 aromatic heterocycles. The van der Waals surface area contributed by atoms with Crippen molar-refractivity contribution < 1.29 is 17.9 Å². The van der Waals surface area contributed by atoms with E-state index in [1.165, 1.54) is 57.4 Å². The minimum absolute atomic E-state index is 0.0467. The van der Waals surface area contributed by atoms with Gasteiger partial charge in [0.15, 0.2) is 11.6 Å². The number of halogens is 3. The summed E-state index contributed by atoms with van der Waals surface area (Å²) in [6.45, 7) is 4.81. The second kappa shape index (κ2) is 16.6. The van der Waals surface area contributed by atoms with E-state index < -0.39 is 11.6 Å². The van der Waals surface area contributed by atoms with Gasteiger partial charge in [-0.1, -0.05) is 121 Å². The second-order valence-corrected chi connectivity index (χ2v) is 11.8. The van der Waals surface area contributed by atoms with E-state index in [0.29, 0.717) is 17.7 Å². The molecule has 1 atom stereocenters. The Morgan fingerprint density at radius 3 is 2.00 bits per heavy atom. The third-order valence-corrected chi connectivity index (χ3v) is 8.63. The Morgan fingerprint density at radius 1 is 0.667 bits per heavy atom. The van der Waals surface area contributed by atoms with Gasteiger partial charge in [-0.05, 0) is 72.1 Å². The average Bonchev–Trinajstić information content (AvgIpc) is 3.01. The van der Waals surface area contributed by atoms with E-state index in [1.54, 1.807) is 24.3 Å². The Balaban J connectivity index is 1.35. The Morgan fingerprint density at radius 2 is 1.31 bits per heavy atom. The lowest BCUT2D eigenvalue weighted by molar-refractivity contribution is 0.285. The fraction of sp³-hybridized carbons (Fsp3) is 0.474. The molecule has 4 heteroatoms. The fourth-order valence-corrected chi connectivity index (χ4v) is 5.98. The smallest absolute Gasteiger partial charge is 0.201 e. The molecule has 0 N–H and O–H groups in total. The van der Waals surface area contributed by atoms with Gasteiger partial charge in [-0.15, -0.1) is 0 Å². The molecule has 1 unspecified atom stereocenters. The molecule has 0 saturated heterocycles. The first kappa shape index (κ1) is 31.9. The zero-order valence-electron chi connectivity index (χ0n) is 25.5. The fourth-order valence-electron chi connectivity index (χ4n) is 5.98. The number of allylic oxidation sites excluding steroid dienone is 2. The van der Waals surface area contributed by atoms with Crippen LogP contribution in [-0.4, -0.2) is 6.61 Å². The highest BCUT2D eigenvalue weighted by atomic mass is 19.2. The monoisotopic (exact) mass is 576 g/mol. The largest absolute Gasteiger partial charge is 0.490 e. The highest BCUT2D eigenvalue weighted by Gasteiger charge is 2.19. The van der Waals surface area contributed by atoms with Crippen LogP contribution >= 0.6 is 0 Å². The highest BCUT2D eigenvalue weighted by Crippen LogP contribution is 2.36. The molecule has 0 saturated carbocycles. The number of hydrogen-bond acceptors (Lipinski definition) is 1. The summed E-state index contributed by atoms with van der Waals surface area (Å²) in [6, 6.07) is 15.6. The summed E-state index contributed by atoms with van der Waals surface area (Å²) < 4.78 is 50.5. The van der Waals surface area contributed by atoms with Crippen molar-refractivity contribution in [2.45, 2.75) is 104 Å². The van der Waals surface area contributed by atoms with Crippen molar-refractivity contribution >= 4 is 5.57 Å². The third-order valence-electron chi connectivity index (χ3n) is 8.63. The van der Waals surface area contributed by atoms with Crippen molar-refractivity contribution in [3.8, 4) is 28.0 Å². The normalized spacial score (nSPS) is 15.1. The first-order valence-electron chi connectivity index (χ1n) is 16.2. The van der Waals surface area contributed by atoms with Gasteiger partial charge in [0.25, 0.3) is 0 Å². The molecule has 0 bridgehead atoms. The van der Waals surface area contributed by atoms with E-state index in [9.17, 15) is 8.78 Å².